The van der Waals surface area contributed by atoms with Crippen LogP contribution in [0, 0.1) is 6.92 Å². The van der Waals surface area contributed by atoms with E-state index >= 15 is 0 Å². The highest BCUT2D eigenvalue weighted by Gasteiger charge is 2.11. The third-order valence-corrected chi connectivity index (χ3v) is 3.54. The Balaban J connectivity index is 2.23. The highest BCUT2D eigenvalue weighted by atomic mass is 79.9. The summed E-state index contributed by atoms with van der Waals surface area (Å²) < 4.78 is 0.972. The summed E-state index contributed by atoms with van der Waals surface area (Å²) in [7, 11) is 0. The molecule has 2 N–H and O–H groups in total. The van der Waals surface area contributed by atoms with Crippen molar-refractivity contribution in [1.82, 2.24) is 4.98 Å². The van der Waals surface area contributed by atoms with Crippen LogP contribution in [-0.4, -0.2) is 17.4 Å². The minimum absolute atomic E-state index is 0.219. The number of benzene rings is 1. The van der Waals surface area contributed by atoms with Crippen LogP contribution >= 0.6 is 27.5 Å². The first kappa shape index (κ1) is 15.8. The van der Waals surface area contributed by atoms with E-state index in [4.69, 9.17) is 11.6 Å². The lowest BCUT2D eigenvalue weighted by Crippen LogP contribution is -2.14. The maximum Gasteiger partial charge on any atom is 0.255 e. The van der Waals surface area contributed by atoms with Crippen LogP contribution in [0.1, 0.15) is 22.8 Å². The van der Waals surface area contributed by atoms with Crippen LogP contribution in [0.5, 0.6) is 0 Å². The van der Waals surface area contributed by atoms with Crippen molar-refractivity contribution in [2.45, 2.75) is 13.8 Å². The number of amides is 1. The Bertz CT molecular complexity index is 676. The van der Waals surface area contributed by atoms with Gasteiger partial charge < -0.3 is 10.6 Å². The molecule has 1 heterocycles. The average Bonchev–Trinajstić information content (AvgIpc) is 2.41. The molecule has 0 saturated carbocycles. The number of aryl methyl sites for hydroxylation is 1. The fourth-order valence-corrected chi connectivity index (χ4v) is 2.55. The number of halogens is 2. The van der Waals surface area contributed by atoms with Crippen LogP contribution in [-0.2, 0) is 0 Å². The topological polar surface area (TPSA) is 54.0 Å². The summed E-state index contributed by atoms with van der Waals surface area (Å²) in [5.41, 5.74) is 2.21. The van der Waals surface area contributed by atoms with Gasteiger partial charge in [0.1, 0.15) is 11.0 Å². The van der Waals surface area contributed by atoms with Crippen molar-refractivity contribution in [3.63, 3.8) is 0 Å². The summed E-state index contributed by atoms with van der Waals surface area (Å²) in [4.78, 5) is 16.4. The van der Waals surface area contributed by atoms with Crippen LogP contribution in [0.15, 0.2) is 34.8 Å². The van der Waals surface area contributed by atoms with Gasteiger partial charge in [0.25, 0.3) is 5.91 Å². The zero-order valence-corrected chi connectivity index (χ0v) is 14.0. The van der Waals surface area contributed by atoms with Gasteiger partial charge in [0.2, 0.25) is 0 Å². The van der Waals surface area contributed by atoms with Crippen LogP contribution in [0.25, 0.3) is 0 Å². The van der Waals surface area contributed by atoms with E-state index in [1.54, 1.807) is 12.1 Å². The first-order valence-electron chi connectivity index (χ1n) is 6.48. The lowest BCUT2D eigenvalue weighted by molar-refractivity contribution is 0.102. The summed E-state index contributed by atoms with van der Waals surface area (Å²) in [6, 6.07) is 8.90. The number of nitrogens with one attached hydrogen (secondary N) is 2. The molecular formula is C15H15BrClN3O. The van der Waals surface area contributed by atoms with Gasteiger partial charge in [0.15, 0.2) is 0 Å². The van der Waals surface area contributed by atoms with Gasteiger partial charge >= 0.3 is 0 Å². The molecule has 0 fully saturated rings. The van der Waals surface area contributed by atoms with Gasteiger partial charge in [-0.3, -0.25) is 4.79 Å². The molecule has 1 aromatic carbocycles. The molecule has 0 bridgehead atoms. The monoisotopic (exact) mass is 367 g/mol. The van der Waals surface area contributed by atoms with Crippen LogP contribution in [0.4, 0.5) is 11.5 Å². The molecule has 4 nitrogen and oxygen atoms in total. The van der Waals surface area contributed by atoms with Gasteiger partial charge in [-0.25, -0.2) is 4.98 Å². The van der Waals surface area contributed by atoms with Gasteiger partial charge in [0.05, 0.1) is 0 Å². The Morgan fingerprint density at radius 1 is 1.33 bits per heavy atom. The summed E-state index contributed by atoms with van der Waals surface area (Å²) >= 11 is 9.34. The normalized spacial score (nSPS) is 10.3. The third kappa shape index (κ3) is 4.19. The number of pyridine rings is 1. The third-order valence-electron chi connectivity index (χ3n) is 2.85. The molecule has 0 saturated heterocycles. The quantitative estimate of drug-likeness (QED) is 0.782. The fraction of sp³-hybridized carbons (Fsp3) is 0.200. The molecular weight excluding hydrogens is 354 g/mol. The van der Waals surface area contributed by atoms with E-state index < -0.39 is 0 Å². The lowest BCUT2D eigenvalue weighted by atomic mass is 10.2. The molecule has 21 heavy (non-hydrogen) atoms. The van der Waals surface area contributed by atoms with Crippen molar-refractivity contribution in [1.29, 1.82) is 0 Å². The molecule has 0 atom stereocenters. The zero-order chi connectivity index (χ0) is 15.4. The maximum atomic E-state index is 12.3. The minimum Gasteiger partial charge on any atom is -0.370 e. The average molecular weight is 369 g/mol. The van der Waals surface area contributed by atoms with Crippen molar-refractivity contribution < 1.29 is 4.79 Å². The Morgan fingerprint density at radius 2 is 2.10 bits per heavy atom. The second-order valence-electron chi connectivity index (χ2n) is 4.51. The number of carbonyl (C=O) groups is 1. The maximum absolute atomic E-state index is 12.3. The Labute approximate surface area is 137 Å². The lowest BCUT2D eigenvalue weighted by Gasteiger charge is -2.10. The molecule has 0 unspecified atom stereocenters. The van der Waals surface area contributed by atoms with Gasteiger partial charge in [0, 0.05) is 22.3 Å². The molecule has 2 aromatic rings. The fourth-order valence-electron chi connectivity index (χ4n) is 1.86. The Morgan fingerprint density at radius 3 is 2.76 bits per heavy atom. The van der Waals surface area contributed by atoms with Crippen molar-refractivity contribution in [2.24, 2.45) is 0 Å². The van der Waals surface area contributed by atoms with Crippen LogP contribution in [0.2, 0.25) is 5.15 Å². The van der Waals surface area contributed by atoms with Gasteiger partial charge in [-0.2, -0.15) is 0 Å². The molecule has 2 rings (SSSR count). The molecule has 0 aliphatic rings. The van der Waals surface area contributed by atoms with Gasteiger partial charge in [-0.15, -0.1) is 0 Å². The first-order valence-corrected chi connectivity index (χ1v) is 7.65. The van der Waals surface area contributed by atoms with Crippen LogP contribution in [0.3, 0.4) is 0 Å². The Hall–Kier alpha value is -1.59. The van der Waals surface area contributed by atoms with Crippen LogP contribution < -0.4 is 10.6 Å². The molecule has 6 heteroatoms. The second-order valence-corrected chi connectivity index (χ2v) is 5.81. The van der Waals surface area contributed by atoms with E-state index in [9.17, 15) is 4.79 Å². The summed E-state index contributed by atoms with van der Waals surface area (Å²) in [6.45, 7) is 4.59. The van der Waals surface area contributed by atoms with Gasteiger partial charge in [-0.05, 0) is 49.7 Å². The SMILES string of the molecule is CCNc1cc(C(=O)Nc2ccc(Br)cc2C)cc(Cl)n1. The summed E-state index contributed by atoms with van der Waals surface area (Å²) in [5, 5.41) is 6.20. The largest absolute Gasteiger partial charge is 0.370 e. The van der Waals surface area contributed by atoms with E-state index in [0.717, 1.165) is 15.7 Å². The number of anilines is 2. The molecule has 110 valence electrons. The highest BCUT2D eigenvalue weighted by Crippen LogP contribution is 2.21. The molecule has 1 amide bonds. The van der Waals surface area contributed by atoms with E-state index in [0.29, 0.717) is 17.9 Å². The van der Waals surface area contributed by atoms with Gasteiger partial charge in [-0.1, -0.05) is 27.5 Å². The standard InChI is InChI=1S/C15H15BrClN3O/c1-3-18-14-8-10(7-13(17)20-14)15(21)19-12-5-4-11(16)6-9(12)2/h4-8H,3H2,1-2H3,(H,18,20)(H,19,21). The smallest absolute Gasteiger partial charge is 0.255 e. The minimum atomic E-state index is -0.219. The van der Waals surface area contributed by atoms with Crippen molar-refractivity contribution in [3.8, 4) is 0 Å². The number of carbonyl (C=O) groups excluding carboxylic acids is 1. The number of rotatable bonds is 4. The number of hydrogen-bond donors (Lipinski definition) is 2. The van der Waals surface area contributed by atoms with E-state index in [2.05, 4.69) is 31.5 Å². The van der Waals surface area contributed by atoms with E-state index in [-0.39, 0.29) is 11.1 Å². The molecule has 1 aromatic heterocycles. The molecule has 0 radical (unpaired) electrons. The predicted molar refractivity (Wildman–Crippen MR) is 90.2 cm³/mol. The van der Waals surface area contributed by atoms with Crippen molar-refractivity contribution in [2.75, 3.05) is 17.2 Å². The number of hydrogen-bond acceptors (Lipinski definition) is 3. The predicted octanol–water partition coefficient (Wildman–Crippen LogP) is 4.49. The van der Waals surface area contributed by atoms with E-state index in [1.165, 1.54) is 0 Å². The number of aromatic nitrogens is 1. The Kier molecular flexibility index (Phi) is 5.20. The first-order chi connectivity index (χ1) is 9.99. The molecule has 0 aliphatic carbocycles. The van der Waals surface area contributed by atoms with Crippen molar-refractivity contribution in [3.05, 3.63) is 51.1 Å². The molecule has 0 aliphatic heterocycles. The van der Waals surface area contributed by atoms with Crippen molar-refractivity contribution >= 4 is 44.9 Å². The summed E-state index contributed by atoms with van der Waals surface area (Å²) in [6.07, 6.45) is 0. The van der Waals surface area contributed by atoms with E-state index in [1.807, 2.05) is 32.0 Å². The summed E-state index contributed by atoms with van der Waals surface area (Å²) in [5.74, 6) is 0.367. The highest BCUT2D eigenvalue weighted by molar-refractivity contribution is 9.10. The number of nitrogens with zero attached hydrogens (tertiary/aromatic N) is 1. The molecule has 0 spiro atoms. The zero-order valence-electron chi connectivity index (χ0n) is 11.7. The second kappa shape index (κ2) is 6.91.